The van der Waals surface area contributed by atoms with Gasteiger partial charge in [0.1, 0.15) is 0 Å². The van der Waals surface area contributed by atoms with Crippen molar-refractivity contribution in [3.63, 3.8) is 0 Å². The molecule has 1 aromatic heterocycles. The lowest BCUT2D eigenvalue weighted by Gasteiger charge is -2.26. The molecule has 3 rings (SSSR count). The highest BCUT2D eigenvalue weighted by molar-refractivity contribution is 7.99. The molecule has 2 aromatic rings. The Morgan fingerprint density at radius 2 is 2.08 bits per heavy atom. The van der Waals surface area contributed by atoms with Gasteiger partial charge >= 0.3 is 0 Å². The van der Waals surface area contributed by atoms with E-state index in [1.165, 1.54) is 18.2 Å². The number of aromatic nitrogens is 2. The largest absolute Gasteiger partial charge is 0.316 e. The van der Waals surface area contributed by atoms with Crippen molar-refractivity contribution >= 4 is 28.6 Å². The molecule has 0 aliphatic heterocycles. The van der Waals surface area contributed by atoms with Gasteiger partial charge in [-0.2, -0.15) is 0 Å². The van der Waals surface area contributed by atoms with Crippen molar-refractivity contribution in [3.05, 3.63) is 46.4 Å². The number of carbonyl (C=O) groups excluding carboxylic acids is 1. The minimum Gasteiger partial charge on any atom is -0.316 e. The minimum atomic E-state index is -0.0459. The Morgan fingerprint density at radius 3 is 2.77 bits per heavy atom. The Kier molecular flexibility index (Phi) is 6.14. The van der Waals surface area contributed by atoms with E-state index in [4.69, 9.17) is 0 Å². The Morgan fingerprint density at radius 1 is 1.27 bits per heavy atom. The molecule has 138 valence electrons. The van der Waals surface area contributed by atoms with Crippen LogP contribution >= 0.6 is 11.8 Å². The summed E-state index contributed by atoms with van der Waals surface area (Å²) in [5.41, 5.74) is 1.78. The predicted octanol–water partition coefficient (Wildman–Crippen LogP) is 3.81. The molecule has 0 saturated carbocycles. The van der Waals surface area contributed by atoms with Gasteiger partial charge in [0.15, 0.2) is 5.16 Å². The minimum absolute atomic E-state index is 0.0459. The molecular formula is C20H25N3O2S. The summed E-state index contributed by atoms with van der Waals surface area (Å²) in [4.78, 5) is 31.9. The maximum Gasteiger partial charge on any atom is 0.262 e. The fourth-order valence-electron chi connectivity index (χ4n) is 3.35. The normalized spacial score (nSPS) is 14.3. The highest BCUT2D eigenvalue weighted by Gasteiger charge is 2.19. The van der Waals surface area contributed by atoms with Gasteiger partial charge in [-0.25, -0.2) is 4.98 Å². The van der Waals surface area contributed by atoms with Crippen LogP contribution in [0.25, 0.3) is 10.9 Å². The number of hydrogen-bond donors (Lipinski definition) is 0. The second-order valence-electron chi connectivity index (χ2n) is 6.33. The van der Waals surface area contributed by atoms with Crippen molar-refractivity contribution in [2.24, 2.45) is 0 Å². The first kappa shape index (κ1) is 18.7. The van der Waals surface area contributed by atoms with Crippen LogP contribution in [-0.2, 0) is 11.3 Å². The van der Waals surface area contributed by atoms with E-state index in [9.17, 15) is 9.59 Å². The van der Waals surface area contributed by atoms with Crippen molar-refractivity contribution in [1.29, 1.82) is 0 Å². The van der Waals surface area contributed by atoms with E-state index < -0.39 is 0 Å². The second-order valence-corrected chi connectivity index (χ2v) is 7.27. The molecule has 0 saturated heterocycles. The van der Waals surface area contributed by atoms with E-state index in [1.807, 2.05) is 36.9 Å². The van der Waals surface area contributed by atoms with Crippen molar-refractivity contribution in [3.8, 4) is 0 Å². The Hall–Kier alpha value is -2.08. The molecule has 0 radical (unpaired) electrons. The molecule has 0 N–H and O–H groups in total. The van der Waals surface area contributed by atoms with Crippen LogP contribution in [0.5, 0.6) is 0 Å². The van der Waals surface area contributed by atoms with E-state index in [-0.39, 0.29) is 17.2 Å². The molecule has 5 nitrogen and oxygen atoms in total. The summed E-state index contributed by atoms with van der Waals surface area (Å²) >= 11 is 1.35. The van der Waals surface area contributed by atoms with Crippen LogP contribution in [0.3, 0.4) is 0 Å². The molecule has 6 heteroatoms. The van der Waals surface area contributed by atoms with Crippen molar-refractivity contribution in [2.75, 3.05) is 12.3 Å². The van der Waals surface area contributed by atoms with Gasteiger partial charge in [-0.05, 0) is 51.7 Å². The standard InChI is InChI=1S/C20H25N3O2S/c1-3-22(15-10-6-5-7-11-15)18(24)14-26-20-21-17-13-9-8-12-16(17)19(25)23(20)4-2/h8-10,12-13H,3-7,11,14H2,1-2H3. The van der Waals surface area contributed by atoms with E-state index in [0.29, 0.717) is 29.1 Å². The summed E-state index contributed by atoms with van der Waals surface area (Å²) in [6.45, 7) is 5.15. The number of hydrogen-bond acceptors (Lipinski definition) is 4. The van der Waals surface area contributed by atoms with Crippen LogP contribution in [0.4, 0.5) is 0 Å². The third-order valence-corrected chi connectivity index (χ3v) is 5.66. The van der Waals surface area contributed by atoms with Gasteiger partial charge in [0.25, 0.3) is 5.56 Å². The van der Waals surface area contributed by atoms with Gasteiger partial charge < -0.3 is 4.90 Å². The van der Waals surface area contributed by atoms with Gasteiger partial charge in [0.2, 0.25) is 5.91 Å². The van der Waals surface area contributed by atoms with Crippen molar-refractivity contribution in [1.82, 2.24) is 14.5 Å². The zero-order valence-electron chi connectivity index (χ0n) is 15.4. The Labute approximate surface area is 158 Å². The molecule has 1 amide bonds. The number of benzene rings is 1. The summed E-state index contributed by atoms with van der Waals surface area (Å²) in [6, 6.07) is 7.36. The number of para-hydroxylation sites is 1. The van der Waals surface area contributed by atoms with Crippen LogP contribution in [0.1, 0.15) is 39.5 Å². The fourth-order valence-corrected chi connectivity index (χ4v) is 4.29. The predicted molar refractivity (Wildman–Crippen MR) is 106 cm³/mol. The van der Waals surface area contributed by atoms with Gasteiger partial charge in [-0.15, -0.1) is 0 Å². The summed E-state index contributed by atoms with van der Waals surface area (Å²) in [5, 5.41) is 1.23. The average Bonchev–Trinajstić information content (AvgIpc) is 2.68. The lowest BCUT2D eigenvalue weighted by atomic mass is 10.0. The van der Waals surface area contributed by atoms with Gasteiger partial charge in [-0.1, -0.05) is 30.0 Å². The smallest absolute Gasteiger partial charge is 0.262 e. The zero-order chi connectivity index (χ0) is 18.5. The van der Waals surface area contributed by atoms with Crippen molar-refractivity contribution in [2.45, 2.75) is 51.2 Å². The quantitative estimate of drug-likeness (QED) is 0.572. The number of thioether (sulfide) groups is 1. The molecule has 0 spiro atoms. The highest BCUT2D eigenvalue weighted by atomic mass is 32.2. The molecule has 0 fully saturated rings. The monoisotopic (exact) mass is 371 g/mol. The molecule has 1 aliphatic carbocycles. The third-order valence-electron chi connectivity index (χ3n) is 4.70. The molecule has 0 bridgehead atoms. The number of rotatable bonds is 6. The van der Waals surface area contributed by atoms with Gasteiger partial charge in [0, 0.05) is 18.8 Å². The lowest BCUT2D eigenvalue weighted by Crippen LogP contribution is -2.32. The molecule has 1 aromatic carbocycles. The summed E-state index contributed by atoms with van der Waals surface area (Å²) in [5.74, 6) is 0.367. The number of nitrogens with zero attached hydrogens (tertiary/aromatic N) is 3. The average molecular weight is 372 g/mol. The highest BCUT2D eigenvalue weighted by Crippen LogP contribution is 2.23. The second kappa shape index (κ2) is 8.54. The molecule has 0 atom stereocenters. The molecule has 26 heavy (non-hydrogen) atoms. The Balaban J connectivity index is 1.81. The maximum absolute atomic E-state index is 12.7. The molecular weight excluding hydrogens is 346 g/mol. The van der Waals surface area contributed by atoms with E-state index >= 15 is 0 Å². The van der Waals surface area contributed by atoms with E-state index in [0.717, 1.165) is 25.0 Å². The van der Waals surface area contributed by atoms with Gasteiger partial charge in [-0.3, -0.25) is 14.2 Å². The lowest BCUT2D eigenvalue weighted by molar-refractivity contribution is -0.126. The van der Waals surface area contributed by atoms with Crippen LogP contribution in [0.15, 0.2) is 46.0 Å². The Bertz CT molecular complexity index is 888. The first-order valence-corrected chi connectivity index (χ1v) is 10.3. The molecule has 0 unspecified atom stereocenters. The summed E-state index contributed by atoms with van der Waals surface area (Å²) in [6.07, 6.45) is 6.55. The number of fused-ring (bicyclic) bond motifs is 1. The number of amides is 1. The summed E-state index contributed by atoms with van der Waals surface area (Å²) < 4.78 is 1.65. The van der Waals surface area contributed by atoms with Crippen LogP contribution < -0.4 is 5.56 Å². The van der Waals surface area contributed by atoms with Crippen molar-refractivity contribution < 1.29 is 4.79 Å². The maximum atomic E-state index is 12.7. The fraction of sp³-hybridized carbons (Fsp3) is 0.450. The zero-order valence-corrected chi connectivity index (χ0v) is 16.2. The van der Waals surface area contributed by atoms with Crippen LogP contribution in [0.2, 0.25) is 0 Å². The topological polar surface area (TPSA) is 55.2 Å². The van der Waals surface area contributed by atoms with Gasteiger partial charge in [0.05, 0.1) is 16.7 Å². The van der Waals surface area contributed by atoms with E-state index in [1.54, 1.807) is 10.6 Å². The van der Waals surface area contributed by atoms with Crippen LogP contribution in [-0.4, -0.2) is 32.7 Å². The molecule has 1 heterocycles. The SMILES string of the molecule is CCN(C(=O)CSc1nc2ccccc2c(=O)n1CC)C1=CCCCC1. The van der Waals surface area contributed by atoms with Crippen LogP contribution in [0, 0.1) is 0 Å². The first-order valence-electron chi connectivity index (χ1n) is 9.27. The molecule has 1 aliphatic rings. The number of allylic oxidation sites excluding steroid dienone is 2. The third kappa shape index (κ3) is 3.85. The van der Waals surface area contributed by atoms with E-state index in [2.05, 4.69) is 11.1 Å². The summed E-state index contributed by atoms with van der Waals surface area (Å²) in [7, 11) is 0. The number of carbonyl (C=O) groups is 1. The first-order chi connectivity index (χ1) is 12.7.